The van der Waals surface area contributed by atoms with Crippen molar-refractivity contribution in [3.63, 3.8) is 0 Å². The topological polar surface area (TPSA) is 63.6 Å². The highest BCUT2D eigenvalue weighted by atomic mass is 32.2. The van der Waals surface area contributed by atoms with Gasteiger partial charge in [0, 0.05) is 0 Å². The highest BCUT2D eigenvalue weighted by Gasteiger charge is 2.26. The molecule has 0 atom stereocenters. The molecule has 0 saturated heterocycles. The Hall–Kier alpha value is -0.670. The third kappa shape index (κ3) is 2.94. The third-order valence-corrected chi connectivity index (χ3v) is 4.35. The summed E-state index contributed by atoms with van der Waals surface area (Å²) in [5.41, 5.74) is 0. The molecule has 0 heterocycles. The lowest BCUT2D eigenvalue weighted by Crippen LogP contribution is -2.25. The maximum Gasteiger partial charge on any atom is 0.235 e. The van der Waals surface area contributed by atoms with Crippen LogP contribution >= 0.6 is 0 Å². The van der Waals surface area contributed by atoms with E-state index in [2.05, 4.69) is 4.99 Å². The van der Waals surface area contributed by atoms with E-state index < -0.39 is 9.84 Å². The van der Waals surface area contributed by atoms with Crippen LogP contribution in [0.2, 0.25) is 0 Å². The molecule has 0 bridgehead atoms. The maximum absolute atomic E-state index is 11.5. The van der Waals surface area contributed by atoms with Crippen molar-refractivity contribution in [3.05, 3.63) is 0 Å². The molecule has 4 nitrogen and oxygen atoms in total. The van der Waals surface area contributed by atoms with Crippen LogP contribution in [0.25, 0.3) is 0 Å². The van der Waals surface area contributed by atoms with Crippen molar-refractivity contribution in [2.45, 2.75) is 37.4 Å². The zero-order valence-electron chi connectivity index (χ0n) is 7.40. The van der Waals surface area contributed by atoms with E-state index in [4.69, 9.17) is 0 Å². The van der Waals surface area contributed by atoms with Gasteiger partial charge < -0.3 is 0 Å². The Balaban J connectivity index is 2.61. The van der Waals surface area contributed by atoms with Gasteiger partial charge in [-0.2, -0.15) is 4.99 Å². The largest absolute Gasteiger partial charge is 0.235 e. The molecule has 13 heavy (non-hydrogen) atoms. The summed E-state index contributed by atoms with van der Waals surface area (Å²) < 4.78 is 22.9. The summed E-state index contributed by atoms with van der Waals surface area (Å²) in [4.78, 5) is 12.9. The second kappa shape index (κ2) is 4.53. The molecule has 0 spiro atoms. The molecule has 0 aliphatic heterocycles. The predicted octanol–water partition coefficient (Wildman–Crippen LogP) is 1.03. The summed E-state index contributed by atoms with van der Waals surface area (Å²) in [5, 5.41) is -0.279. The Bertz CT molecular complexity index is 297. The van der Waals surface area contributed by atoms with E-state index in [1.807, 2.05) is 0 Å². The summed E-state index contributed by atoms with van der Waals surface area (Å²) >= 11 is 0. The average Bonchev–Trinajstić information content (AvgIpc) is 2.16. The first-order valence-corrected chi connectivity index (χ1v) is 6.13. The molecule has 74 valence electrons. The number of sulfone groups is 1. The van der Waals surface area contributed by atoms with Gasteiger partial charge in [0.15, 0.2) is 15.7 Å². The van der Waals surface area contributed by atoms with Crippen molar-refractivity contribution < 1.29 is 13.2 Å². The molecule has 0 amide bonds. The minimum atomic E-state index is -3.17. The molecule has 5 heteroatoms. The van der Waals surface area contributed by atoms with E-state index in [1.54, 1.807) is 0 Å². The van der Waals surface area contributed by atoms with Crippen molar-refractivity contribution >= 4 is 15.9 Å². The Labute approximate surface area is 78.0 Å². The van der Waals surface area contributed by atoms with Crippen LogP contribution in [0.4, 0.5) is 0 Å². The van der Waals surface area contributed by atoms with Crippen LogP contribution in [-0.4, -0.2) is 25.6 Å². The van der Waals surface area contributed by atoms with E-state index >= 15 is 0 Å². The van der Waals surface area contributed by atoms with Crippen molar-refractivity contribution in [1.29, 1.82) is 0 Å². The second-order valence-electron chi connectivity index (χ2n) is 3.30. The van der Waals surface area contributed by atoms with Gasteiger partial charge in [-0.05, 0) is 12.8 Å². The Morgan fingerprint density at radius 2 is 1.85 bits per heavy atom. The van der Waals surface area contributed by atoms with E-state index in [1.165, 1.54) is 6.08 Å². The predicted molar refractivity (Wildman–Crippen MR) is 48.8 cm³/mol. The molecular weight excluding hydrogens is 190 g/mol. The second-order valence-corrected chi connectivity index (χ2v) is 5.55. The van der Waals surface area contributed by atoms with Crippen LogP contribution in [0.1, 0.15) is 32.1 Å². The van der Waals surface area contributed by atoms with Gasteiger partial charge in [0.25, 0.3) is 0 Å². The van der Waals surface area contributed by atoms with Gasteiger partial charge in [0.2, 0.25) is 6.08 Å². The van der Waals surface area contributed by atoms with Crippen LogP contribution in [0.5, 0.6) is 0 Å². The van der Waals surface area contributed by atoms with Crippen molar-refractivity contribution in [2.75, 3.05) is 5.88 Å². The van der Waals surface area contributed by atoms with E-state index in [0.29, 0.717) is 0 Å². The normalized spacial score (nSPS) is 19.4. The molecule has 1 fully saturated rings. The van der Waals surface area contributed by atoms with Crippen molar-refractivity contribution in [1.82, 2.24) is 0 Å². The summed E-state index contributed by atoms with van der Waals surface area (Å²) in [6, 6.07) is 0. The summed E-state index contributed by atoms with van der Waals surface area (Å²) in [7, 11) is -3.17. The van der Waals surface area contributed by atoms with Gasteiger partial charge >= 0.3 is 0 Å². The monoisotopic (exact) mass is 203 g/mol. The first-order valence-electron chi connectivity index (χ1n) is 4.42. The van der Waals surface area contributed by atoms with Crippen LogP contribution < -0.4 is 0 Å². The summed E-state index contributed by atoms with van der Waals surface area (Å²) in [6.45, 7) is 0. The number of aliphatic imine (C=N–C) groups is 1. The number of isocyanates is 1. The van der Waals surface area contributed by atoms with E-state index in [9.17, 15) is 13.2 Å². The molecule has 0 unspecified atom stereocenters. The summed E-state index contributed by atoms with van der Waals surface area (Å²) in [5.74, 6) is -0.388. The molecule has 0 aromatic heterocycles. The maximum atomic E-state index is 11.5. The van der Waals surface area contributed by atoms with Gasteiger partial charge in [0.05, 0.1) is 5.25 Å². The zero-order valence-corrected chi connectivity index (χ0v) is 8.22. The lowest BCUT2D eigenvalue weighted by Gasteiger charge is -2.20. The fourth-order valence-electron chi connectivity index (χ4n) is 1.65. The van der Waals surface area contributed by atoms with Crippen LogP contribution in [0.3, 0.4) is 0 Å². The third-order valence-electron chi connectivity index (χ3n) is 2.37. The molecule has 1 aliphatic carbocycles. The first-order chi connectivity index (χ1) is 6.17. The van der Waals surface area contributed by atoms with E-state index in [-0.39, 0.29) is 11.1 Å². The average molecular weight is 203 g/mol. The molecule has 1 aliphatic rings. The molecule has 1 saturated carbocycles. The lowest BCUT2D eigenvalue weighted by atomic mass is 10.0. The van der Waals surface area contributed by atoms with Gasteiger partial charge in [-0.25, -0.2) is 13.2 Å². The molecule has 0 N–H and O–H groups in total. The highest BCUT2D eigenvalue weighted by Crippen LogP contribution is 2.24. The number of rotatable bonds is 3. The number of hydrogen-bond donors (Lipinski definition) is 0. The quantitative estimate of drug-likeness (QED) is 0.508. The molecular formula is C8H13NO3S. The fourth-order valence-corrected chi connectivity index (χ4v) is 3.14. The lowest BCUT2D eigenvalue weighted by molar-refractivity contribution is 0.483. The van der Waals surface area contributed by atoms with Gasteiger partial charge in [-0.1, -0.05) is 19.3 Å². The molecule has 0 radical (unpaired) electrons. The Morgan fingerprint density at radius 3 is 2.38 bits per heavy atom. The summed E-state index contributed by atoms with van der Waals surface area (Å²) in [6.07, 6.45) is 5.74. The first kappa shape index (κ1) is 10.4. The Morgan fingerprint density at radius 1 is 1.23 bits per heavy atom. The van der Waals surface area contributed by atoms with Crippen LogP contribution in [-0.2, 0) is 14.6 Å². The molecule has 0 aromatic carbocycles. The minimum absolute atomic E-state index is 0.279. The number of hydrogen-bond acceptors (Lipinski definition) is 4. The number of nitrogens with zero attached hydrogens (tertiary/aromatic N) is 1. The number of carbonyl (C=O) groups excluding carboxylic acids is 1. The van der Waals surface area contributed by atoms with Crippen LogP contribution in [0.15, 0.2) is 4.99 Å². The smallest absolute Gasteiger partial charge is 0.227 e. The van der Waals surface area contributed by atoms with Gasteiger partial charge in [0.1, 0.15) is 0 Å². The van der Waals surface area contributed by atoms with Crippen molar-refractivity contribution in [3.8, 4) is 0 Å². The molecule has 1 rings (SSSR count). The zero-order chi connectivity index (χ0) is 9.73. The minimum Gasteiger partial charge on any atom is -0.227 e. The highest BCUT2D eigenvalue weighted by molar-refractivity contribution is 7.92. The fraction of sp³-hybridized carbons (Fsp3) is 0.875. The van der Waals surface area contributed by atoms with Crippen LogP contribution in [0, 0.1) is 0 Å². The van der Waals surface area contributed by atoms with E-state index in [0.717, 1.165) is 32.1 Å². The SMILES string of the molecule is O=C=NCS(=O)(=O)C1CCCCC1. The molecule has 0 aromatic rings. The van der Waals surface area contributed by atoms with Gasteiger partial charge in [-0.15, -0.1) is 0 Å². The van der Waals surface area contributed by atoms with Gasteiger partial charge in [-0.3, -0.25) is 0 Å². The Kier molecular flexibility index (Phi) is 3.63. The standard InChI is InChI=1S/C8H13NO3S/c10-6-9-7-13(11,12)8-4-2-1-3-5-8/h8H,1-5,7H2. The van der Waals surface area contributed by atoms with Crippen molar-refractivity contribution in [2.24, 2.45) is 4.99 Å².